The van der Waals surface area contributed by atoms with Crippen LogP contribution in [0.25, 0.3) is 11.1 Å². The molecule has 6 nitrogen and oxygen atoms in total. The van der Waals surface area contributed by atoms with Gasteiger partial charge in [0.2, 0.25) is 0 Å². The highest BCUT2D eigenvalue weighted by Gasteiger charge is 2.58. The maximum Gasteiger partial charge on any atom is 0.395 e. The minimum absolute atomic E-state index is 0.0820. The van der Waals surface area contributed by atoms with Crippen molar-refractivity contribution >= 4 is 5.97 Å². The molecular weight excluding hydrogens is 442 g/mol. The van der Waals surface area contributed by atoms with Gasteiger partial charge in [0.1, 0.15) is 5.82 Å². The van der Waals surface area contributed by atoms with Gasteiger partial charge in [0.15, 0.2) is 0 Å². The van der Waals surface area contributed by atoms with Gasteiger partial charge < -0.3 is 14.7 Å². The fourth-order valence-corrected chi connectivity index (χ4v) is 4.48. The van der Waals surface area contributed by atoms with E-state index >= 15 is 0 Å². The minimum Gasteiger partial charge on any atom is -0.478 e. The normalized spacial score (nSPS) is 19.2. The predicted octanol–water partition coefficient (Wildman–Crippen LogP) is 4.80. The number of aromatic carboxylic acids is 1. The number of piperidine rings is 1. The van der Waals surface area contributed by atoms with Gasteiger partial charge in [-0.05, 0) is 56.8 Å². The van der Waals surface area contributed by atoms with Crippen LogP contribution in [0, 0.1) is 17.2 Å². The van der Waals surface area contributed by atoms with Crippen molar-refractivity contribution in [3.8, 4) is 17.1 Å². The third-order valence-electron chi connectivity index (χ3n) is 6.75. The molecule has 178 valence electrons. The third kappa shape index (κ3) is 5.10. The van der Waals surface area contributed by atoms with Crippen LogP contribution in [0.4, 0.5) is 17.6 Å². The number of hydrogen-bond acceptors (Lipinski definition) is 5. The number of aromatic nitrogens is 2. The van der Waals surface area contributed by atoms with E-state index in [2.05, 4.69) is 9.97 Å². The molecule has 0 unspecified atom stereocenters. The number of likely N-dealkylation sites (tertiary alicyclic amines) is 1. The number of alkyl halides is 3. The number of carbonyl (C=O) groups is 1. The molecule has 1 aromatic carbocycles. The molecule has 0 atom stereocenters. The van der Waals surface area contributed by atoms with Crippen molar-refractivity contribution in [3.63, 3.8) is 0 Å². The van der Waals surface area contributed by atoms with E-state index in [0.717, 1.165) is 18.9 Å². The summed E-state index contributed by atoms with van der Waals surface area (Å²) in [6, 6.07) is 3.74. The highest BCUT2D eigenvalue weighted by molar-refractivity contribution is 5.88. The highest BCUT2D eigenvalue weighted by Crippen LogP contribution is 2.53. The first-order chi connectivity index (χ1) is 15.7. The Balaban J connectivity index is 1.26. The summed E-state index contributed by atoms with van der Waals surface area (Å²) in [6.07, 6.45) is 1.23. The zero-order chi connectivity index (χ0) is 23.6. The van der Waals surface area contributed by atoms with Crippen LogP contribution in [-0.4, -0.2) is 58.4 Å². The fraction of sp³-hybridized carbons (Fsp3) is 0.522. The second-order valence-corrected chi connectivity index (χ2v) is 8.92. The summed E-state index contributed by atoms with van der Waals surface area (Å²) in [7, 11) is 0. The summed E-state index contributed by atoms with van der Waals surface area (Å²) in [5, 5.41) is 8.93. The topological polar surface area (TPSA) is 75.6 Å². The summed E-state index contributed by atoms with van der Waals surface area (Å²) in [4.78, 5) is 21.0. The molecule has 1 aliphatic heterocycles. The van der Waals surface area contributed by atoms with Crippen LogP contribution in [0.3, 0.4) is 0 Å². The lowest BCUT2D eigenvalue weighted by Gasteiger charge is -2.47. The third-order valence-corrected chi connectivity index (χ3v) is 6.75. The van der Waals surface area contributed by atoms with E-state index < -0.39 is 23.4 Å². The van der Waals surface area contributed by atoms with E-state index in [1.165, 1.54) is 24.5 Å². The van der Waals surface area contributed by atoms with Gasteiger partial charge in [0.05, 0.1) is 17.6 Å². The van der Waals surface area contributed by atoms with Crippen molar-refractivity contribution in [2.45, 2.75) is 38.3 Å². The molecule has 2 aliphatic rings. The van der Waals surface area contributed by atoms with E-state index in [1.807, 2.05) is 4.90 Å². The first-order valence-corrected chi connectivity index (χ1v) is 10.9. The van der Waals surface area contributed by atoms with Gasteiger partial charge in [-0.15, -0.1) is 0 Å². The summed E-state index contributed by atoms with van der Waals surface area (Å²) in [5.74, 6) is -1.70. The number of ether oxygens (including phenoxy) is 1. The maximum absolute atomic E-state index is 14.2. The van der Waals surface area contributed by atoms with Gasteiger partial charge >= 0.3 is 18.2 Å². The second-order valence-electron chi connectivity index (χ2n) is 8.92. The zero-order valence-corrected chi connectivity index (χ0v) is 17.9. The SMILES string of the molecule is O=C(O)c1ccc(-c2cnc(OCC3CCN(CC4(C(F)(F)F)CCC4)CC3)nc2)c(F)c1. The van der Waals surface area contributed by atoms with E-state index in [0.29, 0.717) is 31.7 Å². The molecule has 0 spiro atoms. The van der Waals surface area contributed by atoms with Crippen molar-refractivity contribution in [1.29, 1.82) is 0 Å². The van der Waals surface area contributed by atoms with Gasteiger partial charge in [0, 0.05) is 30.1 Å². The molecule has 1 aliphatic carbocycles. The molecule has 10 heteroatoms. The number of carboxylic acids is 1. The van der Waals surface area contributed by atoms with Crippen molar-refractivity contribution in [2.24, 2.45) is 11.3 Å². The monoisotopic (exact) mass is 467 g/mol. The Morgan fingerprint density at radius 1 is 1.18 bits per heavy atom. The van der Waals surface area contributed by atoms with Crippen LogP contribution in [0.2, 0.25) is 0 Å². The molecule has 1 saturated carbocycles. The molecule has 2 heterocycles. The molecule has 1 saturated heterocycles. The van der Waals surface area contributed by atoms with Gasteiger partial charge in [0.25, 0.3) is 0 Å². The Hall–Kier alpha value is -2.75. The molecule has 33 heavy (non-hydrogen) atoms. The zero-order valence-electron chi connectivity index (χ0n) is 17.9. The average Bonchev–Trinajstić information content (AvgIpc) is 2.75. The number of carboxylic acid groups (broad SMARTS) is 1. The fourth-order valence-electron chi connectivity index (χ4n) is 4.48. The number of halogens is 4. The van der Waals surface area contributed by atoms with Crippen LogP contribution in [0.5, 0.6) is 6.01 Å². The van der Waals surface area contributed by atoms with Crippen LogP contribution >= 0.6 is 0 Å². The van der Waals surface area contributed by atoms with Crippen molar-refractivity contribution < 1.29 is 32.2 Å². The van der Waals surface area contributed by atoms with Gasteiger partial charge in [-0.2, -0.15) is 13.2 Å². The molecule has 2 aromatic rings. The Morgan fingerprint density at radius 2 is 1.85 bits per heavy atom. The molecule has 1 aromatic heterocycles. The maximum atomic E-state index is 14.2. The second kappa shape index (κ2) is 9.24. The van der Waals surface area contributed by atoms with Gasteiger partial charge in [-0.25, -0.2) is 19.2 Å². The summed E-state index contributed by atoms with van der Waals surface area (Å²) in [6.45, 7) is 1.66. The molecule has 0 amide bonds. The number of hydrogen-bond donors (Lipinski definition) is 1. The number of rotatable bonds is 7. The van der Waals surface area contributed by atoms with Crippen molar-refractivity contribution in [3.05, 3.63) is 42.0 Å². The Bertz CT molecular complexity index is 985. The van der Waals surface area contributed by atoms with Crippen molar-refractivity contribution in [1.82, 2.24) is 14.9 Å². The quantitative estimate of drug-likeness (QED) is 0.590. The minimum atomic E-state index is -4.14. The van der Waals surface area contributed by atoms with Gasteiger partial charge in [-0.3, -0.25) is 0 Å². The van der Waals surface area contributed by atoms with Crippen LogP contribution in [0.1, 0.15) is 42.5 Å². The van der Waals surface area contributed by atoms with E-state index in [1.54, 1.807) is 0 Å². The number of benzene rings is 1. The Morgan fingerprint density at radius 3 is 2.36 bits per heavy atom. The molecule has 0 radical (unpaired) electrons. The molecule has 2 fully saturated rings. The lowest BCUT2D eigenvalue weighted by molar-refractivity contribution is -0.256. The van der Waals surface area contributed by atoms with E-state index in [4.69, 9.17) is 9.84 Å². The van der Waals surface area contributed by atoms with E-state index in [-0.39, 0.29) is 42.4 Å². The van der Waals surface area contributed by atoms with Crippen LogP contribution < -0.4 is 4.74 Å². The van der Waals surface area contributed by atoms with Gasteiger partial charge in [-0.1, -0.05) is 12.5 Å². The molecule has 4 rings (SSSR count). The van der Waals surface area contributed by atoms with E-state index in [9.17, 15) is 22.4 Å². The Labute approximate surface area is 188 Å². The largest absolute Gasteiger partial charge is 0.478 e. The summed E-state index contributed by atoms with van der Waals surface area (Å²) >= 11 is 0. The summed E-state index contributed by atoms with van der Waals surface area (Å²) < 4.78 is 60.0. The summed E-state index contributed by atoms with van der Waals surface area (Å²) in [5.41, 5.74) is -1.11. The highest BCUT2D eigenvalue weighted by atomic mass is 19.4. The first kappa shape index (κ1) is 23.4. The lowest BCUT2D eigenvalue weighted by atomic mass is 9.67. The van der Waals surface area contributed by atoms with Crippen LogP contribution in [-0.2, 0) is 0 Å². The first-order valence-electron chi connectivity index (χ1n) is 10.9. The Kier molecular flexibility index (Phi) is 6.56. The lowest BCUT2D eigenvalue weighted by Crippen LogP contribution is -2.53. The predicted molar refractivity (Wildman–Crippen MR) is 111 cm³/mol. The molecular formula is C23H25F4N3O3. The van der Waals surface area contributed by atoms with Crippen LogP contribution in [0.15, 0.2) is 30.6 Å². The molecule has 0 bridgehead atoms. The standard InChI is InChI=1S/C23H25F4N3O3/c24-19-10-16(20(31)32)2-3-18(19)17-11-28-21(29-12-17)33-13-15-4-8-30(9-5-15)14-22(6-1-7-22)23(25,26)27/h2-3,10-12,15H,1,4-9,13-14H2,(H,31,32). The smallest absolute Gasteiger partial charge is 0.395 e. The van der Waals surface area contributed by atoms with Crippen molar-refractivity contribution in [2.75, 3.05) is 26.2 Å². The number of nitrogens with zero attached hydrogens (tertiary/aromatic N) is 3. The molecule has 1 N–H and O–H groups in total. The average molecular weight is 467 g/mol.